The topological polar surface area (TPSA) is 29.3 Å². The van der Waals surface area contributed by atoms with Crippen molar-refractivity contribution in [2.45, 2.75) is 26.2 Å². The average molecular weight is 216 g/mol. The normalized spacial score (nSPS) is 16.9. The molecule has 2 aromatic rings. The lowest BCUT2D eigenvalue weighted by atomic mass is 10.1. The van der Waals surface area contributed by atoms with Gasteiger partial charge in [-0.05, 0) is 37.8 Å². The van der Waals surface area contributed by atoms with Gasteiger partial charge in [0.25, 0.3) is 0 Å². The van der Waals surface area contributed by atoms with Crippen molar-refractivity contribution in [3.63, 3.8) is 0 Å². The van der Waals surface area contributed by atoms with Gasteiger partial charge in [-0.1, -0.05) is 17.3 Å². The molecule has 84 valence electrons. The van der Waals surface area contributed by atoms with Crippen LogP contribution < -0.4 is 4.90 Å². The van der Waals surface area contributed by atoms with Crippen molar-refractivity contribution in [1.29, 1.82) is 0 Å². The summed E-state index contributed by atoms with van der Waals surface area (Å²) >= 11 is 0. The fraction of sp³-hybridized carbons (Fsp3) is 0.462. The minimum atomic E-state index is 0.903. The number of benzene rings is 1. The van der Waals surface area contributed by atoms with Crippen LogP contribution in [0, 0.1) is 6.92 Å². The van der Waals surface area contributed by atoms with Crippen LogP contribution in [-0.2, 0) is 0 Å². The van der Waals surface area contributed by atoms with Crippen molar-refractivity contribution in [2.24, 2.45) is 0 Å². The molecule has 1 aliphatic heterocycles. The molecule has 0 radical (unpaired) electrons. The molecular formula is C13H16N2O. The van der Waals surface area contributed by atoms with Gasteiger partial charge in [0.2, 0.25) is 0 Å². The molecule has 16 heavy (non-hydrogen) atoms. The van der Waals surface area contributed by atoms with Crippen molar-refractivity contribution in [3.8, 4) is 0 Å². The quantitative estimate of drug-likeness (QED) is 0.733. The zero-order valence-corrected chi connectivity index (χ0v) is 9.57. The Balaban J connectivity index is 2.09. The van der Waals surface area contributed by atoms with E-state index in [1.165, 1.54) is 30.2 Å². The molecule has 1 fully saturated rings. The maximum Gasteiger partial charge on any atom is 0.180 e. The molecule has 1 aromatic carbocycles. The summed E-state index contributed by atoms with van der Waals surface area (Å²) in [5, 5.41) is 5.42. The third-order valence-electron chi connectivity index (χ3n) is 3.34. The summed E-state index contributed by atoms with van der Waals surface area (Å²) in [7, 11) is 0. The summed E-state index contributed by atoms with van der Waals surface area (Å²) in [5.74, 6) is 1.04. The molecular weight excluding hydrogens is 200 g/mol. The number of aromatic nitrogens is 1. The van der Waals surface area contributed by atoms with Gasteiger partial charge in [-0.15, -0.1) is 0 Å². The number of hydrogen-bond donors (Lipinski definition) is 0. The van der Waals surface area contributed by atoms with E-state index in [0.717, 1.165) is 24.5 Å². The second kappa shape index (κ2) is 3.81. The molecule has 0 amide bonds. The third kappa shape index (κ3) is 1.47. The minimum absolute atomic E-state index is 0.903. The van der Waals surface area contributed by atoms with Crippen molar-refractivity contribution >= 4 is 16.8 Å². The van der Waals surface area contributed by atoms with Crippen LogP contribution in [0.4, 0.5) is 5.82 Å². The fourth-order valence-electron chi connectivity index (χ4n) is 2.46. The lowest BCUT2D eigenvalue weighted by Crippen LogP contribution is -2.29. The SMILES string of the molecule is Cc1cccc2onc(N3CCCCC3)c12. The smallest absolute Gasteiger partial charge is 0.180 e. The first-order chi connectivity index (χ1) is 7.86. The van der Waals surface area contributed by atoms with E-state index < -0.39 is 0 Å². The molecule has 1 aliphatic rings. The number of rotatable bonds is 1. The van der Waals surface area contributed by atoms with Gasteiger partial charge in [-0.25, -0.2) is 0 Å². The van der Waals surface area contributed by atoms with Crippen LogP contribution in [0.25, 0.3) is 11.0 Å². The van der Waals surface area contributed by atoms with E-state index in [2.05, 4.69) is 23.0 Å². The van der Waals surface area contributed by atoms with Gasteiger partial charge in [0, 0.05) is 13.1 Å². The summed E-state index contributed by atoms with van der Waals surface area (Å²) in [5.41, 5.74) is 2.15. The molecule has 0 atom stereocenters. The Kier molecular flexibility index (Phi) is 2.31. The first kappa shape index (κ1) is 9.70. The van der Waals surface area contributed by atoms with Gasteiger partial charge < -0.3 is 9.42 Å². The molecule has 0 aliphatic carbocycles. The number of anilines is 1. The Labute approximate surface area is 95.0 Å². The first-order valence-corrected chi connectivity index (χ1v) is 5.96. The molecule has 0 spiro atoms. The monoisotopic (exact) mass is 216 g/mol. The van der Waals surface area contributed by atoms with Crippen LogP contribution >= 0.6 is 0 Å². The second-order valence-corrected chi connectivity index (χ2v) is 4.50. The minimum Gasteiger partial charge on any atom is -0.354 e. The molecule has 0 bridgehead atoms. The Bertz CT molecular complexity index is 498. The molecule has 1 aromatic heterocycles. The first-order valence-electron chi connectivity index (χ1n) is 5.96. The van der Waals surface area contributed by atoms with Crippen LogP contribution in [0.3, 0.4) is 0 Å². The van der Waals surface area contributed by atoms with Crippen molar-refractivity contribution in [1.82, 2.24) is 5.16 Å². The van der Waals surface area contributed by atoms with E-state index in [1.54, 1.807) is 0 Å². The van der Waals surface area contributed by atoms with Gasteiger partial charge in [0.1, 0.15) is 0 Å². The van der Waals surface area contributed by atoms with Crippen molar-refractivity contribution in [3.05, 3.63) is 23.8 Å². The fourth-order valence-corrected chi connectivity index (χ4v) is 2.46. The molecule has 0 saturated carbocycles. The second-order valence-electron chi connectivity index (χ2n) is 4.50. The zero-order chi connectivity index (χ0) is 11.0. The lowest BCUT2D eigenvalue weighted by Gasteiger charge is -2.26. The summed E-state index contributed by atoms with van der Waals surface area (Å²) in [6.07, 6.45) is 3.87. The van der Waals surface area contributed by atoms with Gasteiger partial charge in [-0.3, -0.25) is 0 Å². The standard InChI is InChI=1S/C13H16N2O/c1-10-6-5-7-11-12(10)13(14-16-11)15-8-3-2-4-9-15/h5-7H,2-4,8-9H2,1H3. The van der Waals surface area contributed by atoms with Crippen LogP contribution in [0.1, 0.15) is 24.8 Å². The Morgan fingerprint density at radius 2 is 2.00 bits per heavy atom. The van der Waals surface area contributed by atoms with Gasteiger partial charge in [0.05, 0.1) is 5.39 Å². The predicted octanol–water partition coefficient (Wildman–Crippen LogP) is 3.13. The maximum atomic E-state index is 5.39. The van der Waals surface area contributed by atoms with Crippen molar-refractivity contribution < 1.29 is 4.52 Å². The summed E-state index contributed by atoms with van der Waals surface area (Å²) in [6, 6.07) is 6.12. The highest BCUT2D eigenvalue weighted by molar-refractivity contribution is 5.91. The molecule has 3 heteroatoms. The van der Waals surface area contributed by atoms with Gasteiger partial charge in [-0.2, -0.15) is 0 Å². The highest BCUT2D eigenvalue weighted by Crippen LogP contribution is 2.30. The Hall–Kier alpha value is -1.51. The summed E-state index contributed by atoms with van der Waals surface area (Å²) in [6.45, 7) is 4.33. The van der Waals surface area contributed by atoms with Gasteiger partial charge in [0.15, 0.2) is 11.4 Å². The number of nitrogens with zero attached hydrogens (tertiary/aromatic N) is 2. The largest absolute Gasteiger partial charge is 0.354 e. The number of aryl methyl sites for hydroxylation is 1. The molecule has 0 N–H and O–H groups in total. The summed E-state index contributed by atoms with van der Waals surface area (Å²) in [4.78, 5) is 2.35. The number of piperidine rings is 1. The van der Waals surface area contributed by atoms with E-state index in [9.17, 15) is 0 Å². The third-order valence-corrected chi connectivity index (χ3v) is 3.34. The number of fused-ring (bicyclic) bond motifs is 1. The van der Waals surface area contributed by atoms with E-state index in [1.807, 2.05) is 12.1 Å². The molecule has 2 heterocycles. The Morgan fingerprint density at radius 3 is 2.81 bits per heavy atom. The molecule has 3 nitrogen and oxygen atoms in total. The van der Waals surface area contributed by atoms with E-state index >= 15 is 0 Å². The lowest BCUT2D eigenvalue weighted by molar-refractivity contribution is 0.450. The maximum absolute atomic E-state index is 5.39. The van der Waals surface area contributed by atoms with E-state index in [4.69, 9.17) is 4.52 Å². The van der Waals surface area contributed by atoms with Crippen LogP contribution in [0.15, 0.2) is 22.7 Å². The highest BCUT2D eigenvalue weighted by atomic mass is 16.5. The van der Waals surface area contributed by atoms with Crippen LogP contribution in [-0.4, -0.2) is 18.2 Å². The van der Waals surface area contributed by atoms with Crippen LogP contribution in [0.5, 0.6) is 0 Å². The molecule has 1 saturated heterocycles. The molecule has 3 rings (SSSR count). The van der Waals surface area contributed by atoms with Crippen LogP contribution in [0.2, 0.25) is 0 Å². The van der Waals surface area contributed by atoms with Gasteiger partial charge >= 0.3 is 0 Å². The number of hydrogen-bond acceptors (Lipinski definition) is 3. The predicted molar refractivity (Wildman–Crippen MR) is 64.8 cm³/mol. The molecule has 0 unspecified atom stereocenters. The highest BCUT2D eigenvalue weighted by Gasteiger charge is 2.18. The van der Waals surface area contributed by atoms with Crippen molar-refractivity contribution in [2.75, 3.05) is 18.0 Å². The zero-order valence-electron chi connectivity index (χ0n) is 9.57. The average Bonchev–Trinajstić information content (AvgIpc) is 2.75. The van der Waals surface area contributed by atoms with E-state index in [0.29, 0.717) is 0 Å². The Morgan fingerprint density at radius 1 is 1.19 bits per heavy atom. The van der Waals surface area contributed by atoms with E-state index in [-0.39, 0.29) is 0 Å². The summed E-state index contributed by atoms with van der Waals surface area (Å²) < 4.78 is 5.39.